The van der Waals surface area contributed by atoms with E-state index in [1.54, 1.807) is 13.8 Å². The predicted octanol–water partition coefficient (Wildman–Crippen LogP) is 8.90. The number of rotatable bonds is 7. The van der Waals surface area contributed by atoms with Gasteiger partial charge in [-0.25, -0.2) is 0 Å². The second-order valence-electron chi connectivity index (χ2n) is 22.2. The maximum Gasteiger partial charge on any atom is 0.309 e. The van der Waals surface area contributed by atoms with E-state index in [1.165, 1.54) is 5.57 Å². The first-order valence-corrected chi connectivity index (χ1v) is 22.5. The lowest BCUT2D eigenvalue weighted by Gasteiger charge is -2.72. The van der Waals surface area contributed by atoms with E-state index in [4.69, 9.17) is 4.74 Å². The number of benzene rings is 1. The number of carboxylic acids is 1. The summed E-state index contributed by atoms with van der Waals surface area (Å²) in [5.41, 5.74) is 0.443. The summed E-state index contributed by atoms with van der Waals surface area (Å²) in [5.74, 6) is -0.124. The minimum Gasteiger partial charge on any atom is -0.481 e. The predicted molar refractivity (Wildman–Crippen MR) is 221 cm³/mol. The molecule has 1 aromatic carbocycles. The molecule has 7 aliphatic rings. The second kappa shape index (κ2) is 13.8. The van der Waals surface area contributed by atoms with Crippen LogP contribution in [0.25, 0.3) is 0 Å². The fourth-order valence-corrected chi connectivity index (χ4v) is 15.1. The van der Waals surface area contributed by atoms with E-state index in [-0.39, 0.29) is 82.1 Å². The molecular weight excluding hydrogens is 729 g/mol. The summed E-state index contributed by atoms with van der Waals surface area (Å²) in [7, 11) is 0. The summed E-state index contributed by atoms with van der Waals surface area (Å²) < 4.78 is 6.19. The standard InChI is InChI=1S/C49H68N2O7/c1-29(2)39-34(52)25-49(42(55)51-31-15-16-32(51)28-50(27-31)41(54)30-13-11-10-12-14-30)24-23-47(8)33(40(39)49)17-18-36-46(7)21-20-37(58-38(53)26-44(3,4)43(56)57)45(5,6)35(46)19-22-48(36,47)9/h10-14,29,31-33,35-37H,15-28H2,1-9H3,(H,56,57)/t31?,32?,33-,35+,36-,37+,46+,47-,48-,49-/m1/s1. The zero-order chi connectivity index (χ0) is 42.0. The zero-order valence-corrected chi connectivity index (χ0v) is 36.6. The summed E-state index contributed by atoms with van der Waals surface area (Å²) in [6.07, 6.45) is 8.99. The number of aliphatic carboxylic acids is 1. The monoisotopic (exact) mass is 797 g/mol. The molecule has 0 radical (unpaired) electrons. The van der Waals surface area contributed by atoms with Gasteiger partial charge >= 0.3 is 11.9 Å². The van der Waals surface area contributed by atoms with Gasteiger partial charge < -0.3 is 19.6 Å². The Bertz CT molecular complexity index is 1920. The van der Waals surface area contributed by atoms with Crippen LogP contribution in [0.5, 0.6) is 0 Å². The highest BCUT2D eigenvalue weighted by Crippen LogP contribution is 2.77. The first kappa shape index (κ1) is 41.3. The van der Waals surface area contributed by atoms with Gasteiger partial charge in [-0.2, -0.15) is 0 Å². The number of carbonyl (C=O) groups excluding carboxylic acids is 4. The van der Waals surface area contributed by atoms with Crippen LogP contribution in [0.2, 0.25) is 0 Å². The third-order valence-electron chi connectivity index (χ3n) is 18.2. The Morgan fingerprint density at radius 2 is 1.48 bits per heavy atom. The van der Waals surface area contributed by atoms with Crippen molar-refractivity contribution in [1.29, 1.82) is 0 Å². The molecule has 0 aromatic heterocycles. The minimum absolute atomic E-state index is 0.00927. The summed E-state index contributed by atoms with van der Waals surface area (Å²) >= 11 is 0. The van der Waals surface area contributed by atoms with Gasteiger partial charge in [0.15, 0.2) is 5.78 Å². The van der Waals surface area contributed by atoms with Crippen LogP contribution in [0, 0.1) is 56.2 Å². The number of ketones is 1. The van der Waals surface area contributed by atoms with Crippen molar-refractivity contribution in [2.45, 2.75) is 158 Å². The van der Waals surface area contributed by atoms with E-state index in [0.29, 0.717) is 36.9 Å². The van der Waals surface area contributed by atoms with Crippen LogP contribution in [0.1, 0.15) is 150 Å². The van der Waals surface area contributed by atoms with E-state index in [1.807, 2.05) is 35.2 Å². The van der Waals surface area contributed by atoms with Crippen molar-refractivity contribution in [2.24, 2.45) is 56.2 Å². The van der Waals surface area contributed by atoms with Crippen LogP contribution in [-0.4, -0.2) is 75.7 Å². The van der Waals surface area contributed by atoms with Gasteiger partial charge in [0, 0.05) is 42.6 Å². The lowest BCUT2D eigenvalue weighted by molar-refractivity contribution is -0.233. The number of nitrogens with zero attached hydrogens (tertiary/aromatic N) is 2. The number of carbonyl (C=O) groups is 5. The lowest BCUT2D eigenvalue weighted by Crippen LogP contribution is -2.67. The molecule has 9 nitrogen and oxygen atoms in total. The lowest BCUT2D eigenvalue weighted by atomic mass is 9.33. The van der Waals surface area contributed by atoms with Gasteiger partial charge in [0.25, 0.3) is 5.91 Å². The maximum atomic E-state index is 15.5. The zero-order valence-electron chi connectivity index (χ0n) is 36.6. The Morgan fingerprint density at radius 1 is 0.828 bits per heavy atom. The topological polar surface area (TPSA) is 121 Å². The van der Waals surface area contributed by atoms with Gasteiger partial charge in [0.05, 0.1) is 17.3 Å². The van der Waals surface area contributed by atoms with Crippen LogP contribution in [0.4, 0.5) is 0 Å². The quantitative estimate of drug-likeness (QED) is 0.274. The Hall–Kier alpha value is -3.49. The number of Topliss-reactive ketones (excluding diaryl/α,β-unsaturated/α-hetero) is 1. The fraction of sp³-hybridized carbons (Fsp3) is 0.735. The maximum absolute atomic E-state index is 15.5. The Morgan fingerprint density at radius 3 is 2.10 bits per heavy atom. The molecule has 58 heavy (non-hydrogen) atoms. The van der Waals surface area contributed by atoms with Crippen LogP contribution in [0.3, 0.4) is 0 Å². The van der Waals surface area contributed by atoms with Gasteiger partial charge in [0.2, 0.25) is 5.91 Å². The van der Waals surface area contributed by atoms with Crippen LogP contribution in [-0.2, 0) is 23.9 Å². The molecule has 0 spiro atoms. The third-order valence-corrected chi connectivity index (χ3v) is 18.2. The molecule has 5 aliphatic carbocycles. The number of likely N-dealkylation sites (tertiary alicyclic amines) is 1. The molecule has 1 aromatic rings. The number of hydrogen-bond donors (Lipinski definition) is 1. The summed E-state index contributed by atoms with van der Waals surface area (Å²) in [6.45, 7) is 20.6. The van der Waals surface area contributed by atoms with Gasteiger partial charge in [0.1, 0.15) is 6.10 Å². The number of hydrogen-bond acceptors (Lipinski definition) is 6. The van der Waals surface area contributed by atoms with Crippen LogP contribution in [0.15, 0.2) is 41.5 Å². The highest BCUT2D eigenvalue weighted by molar-refractivity contribution is 6.07. The molecule has 6 fully saturated rings. The van der Waals surface area contributed by atoms with Crippen molar-refractivity contribution < 1.29 is 33.8 Å². The van der Waals surface area contributed by atoms with E-state index < -0.39 is 22.8 Å². The highest BCUT2D eigenvalue weighted by atomic mass is 16.5. The molecule has 2 aliphatic heterocycles. The van der Waals surface area contributed by atoms with Gasteiger partial charge in [-0.3, -0.25) is 24.0 Å². The smallest absolute Gasteiger partial charge is 0.309 e. The molecule has 10 atom stereocenters. The van der Waals surface area contributed by atoms with Crippen molar-refractivity contribution in [3.05, 3.63) is 47.0 Å². The van der Waals surface area contributed by atoms with Crippen molar-refractivity contribution in [1.82, 2.24) is 9.80 Å². The number of piperazine rings is 1. The number of esters is 1. The largest absolute Gasteiger partial charge is 0.481 e. The third kappa shape index (κ3) is 5.84. The molecule has 8 rings (SSSR count). The van der Waals surface area contributed by atoms with E-state index in [2.05, 4.69) is 53.4 Å². The van der Waals surface area contributed by atoms with Gasteiger partial charge in [-0.15, -0.1) is 0 Å². The highest BCUT2D eigenvalue weighted by Gasteiger charge is 2.71. The average molecular weight is 797 g/mol. The fourth-order valence-electron chi connectivity index (χ4n) is 15.1. The molecule has 2 saturated heterocycles. The summed E-state index contributed by atoms with van der Waals surface area (Å²) in [4.78, 5) is 72.5. The molecule has 9 heteroatoms. The SMILES string of the molecule is CC(C)C1=C2[C@H]3CC[C@@H]4[C@@]5(C)CC[C@H](OC(=O)CC(C)(C)C(=O)O)C(C)(C)[C@@H]5CC[C@@]4(C)[C@]3(C)CC[C@@]2(C(=O)N2C3CCC2CN(C(=O)c2ccccc2)C3)CC1=O. The van der Waals surface area contributed by atoms with E-state index in [0.717, 1.165) is 63.4 Å². The first-order valence-electron chi connectivity index (χ1n) is 22.5. The van der Waals surface area contributed by atoms with Crippen molar-refractivity contribution in [3.8, 4) is 0 Å². The van der Waals surface area contributed by atoms with Crippen LogP contribution < -0.4 is 0 Å². The molecular formula is C49H68N2O7. The summed E-state index contributed by atoms with van der Waals surface area (Å²) in [6, 6.07) is 9.38. The molecule has 2 amide bonds. The van der Waals surface area contributed by atoms with Crippen molar-refractivity contribution >= 4 is 29.5 Å². The molecule has 4 saturated carbocycles. The second-order valence-corrected chi connectivity index (χ2v) is 22.2. The Balaban J connectivity index is 1.07. The van der Waals surface area contributed by atoms with Crippen molar-refractivity contribution in [2.75, 3.05) is 13.1 Å². The first-order chi connectivity index (χ1) is 27.1. The molecule has 316 valence electrons. The molecule has 2 heterocycles. The van der Waals surface area contributed by atoms with E-state index >= 15 is 4.79 Å². The molecule has 2 bridgehead atoms. The number of ether oxygens (including phenoxy) is 1. The molecule has 2 unspecified atom stereocenters. The number of fused-ring (bicyclic) bond motifs is 9. The molecule has 1 N–H and O–H groups in total. The van der Waals surface area contributed by atoms with Gasteiger partial charge in [-0.1, -0.05) is 66.7 Å². The van der Waals surface area contributed by atoms with Crippen LogP contribution >= 0.6 is 0 Å². The number of amides is 2. The summed E-state index contributed by atoms with van der Waals surface area (Å²) in [5, 5.41) is 9.65. The minimum atomic E-state index is -1.18. The van der Waals surface area contributed by atoms with E-state index in [9.17, 15) is 24.3 Å². The Labute approximate surface area is 346 Å². The average Bonchev–Trinajstić information content (AvgIpc) is 3.61. The number of allylic oxidation sites excluding steroid dienone is 1. The van der Waals surface area contributed by atoms with Gasteiger partial charge in [-0.05, 0) is 141 Å². The number of carboxylic acid groups (broad SMARTS) is 1. The Kier molecular flexibility index (Phi) is 9.79. The van der Waals surface area contributed by atoms with Crippen molar-refractivity contribution in [3.63, 3.8) is 0 Å². The normalized spacial score (nSPS) is 39.1.